The Morgan fingerprint density at radius 1 is 1.50 bits per heavy atom. The monoisotopic (exact) mass is 240 g/mol. The SMILES string of the molecule is Cc1c(N)cccc1NC(=O)C(C)S(C)=O. The Morgan fingerprint density at radius 3 is 2.69 bits per heavy atom. The summed E-state index contributed by atoms with van der Waals surface area (Å²) in [6, 6.07) is 5.31. The van der Waals surface area contributed by atoms with E-state index >= 15 is 0 Å². The van der Waals surface area contributed by atoms with Crippen LogP contribution in [0.3, 0.4) is 0 Å². The van der Waals surface area contributed by atoms with Crippen LogP contribution in [0.5, 0.6) is 0 Å². The molecule has 1 amide bonds. The Morgan fingerprint density at radius 2 is 2.12 bits per heavy atom. The zero-order valence-corrected chi connectivity index (χ0v) is 10.4. The van der Waals surface area contributed by atoms with Gasteiger partial charge in [0.15, 0.2) is 0 Å². The predicted octanol–water partition coefficient (Wildman–Crippen LogP) is 1.28. The first-order valence-corrected chi connectivity index (χ1v) is 6.53. The molecule has 0 aliphatic heterocycles. The first kappa shape index (κ1) is 12.7. The first-order valence-electron chi connectivity index (χ1n) is 4.91. The van der Waals surface area contributed by atoms with Gasteiger partial charge in [0, 0.05) is 28.4 Å². The number of nitrogens with two attached hydrogens (primary N) is 1. The molecule has 1 aromatic rings. The highest BCUT2D eigenvalue weighted by molar-refractivity contribution is 7.85. The van der Waals surface area contributed by atoms with Crippen molar-refractivity contribution in [3.8, 4) is 0 Å². The Bertz CT molecular complexity index is 432. The number of nitrogens with one attached hydrogen (secondary N) is 1. The topological polar surface area (TPSA) is 72.2 Å². The Labute approximate surface area is 97.7 Å². The third-order valence-corrected chi connectivity index (χ3v) is 3.71. The van der Waals surface area contributed by atoms with Gasteiger partial charge in [-0.15, -0.1) is 0 Å². The lowest BCUT2D eigenvalue weighted by molar-refractivity contribution is -0.115. The summed E-state index contributed by atoms with van der Waals surface area (Å²) in [7, 11) is -1.17. The first-order chi connectivity index (χ1) is 7.43. The summed E-state index contributed by atoms with van der Waals surface area (Å²) in [5, 5.41) is 2.19. The molecule has 0 fully saturated rings. The van der Waals surface area contributed by atoms with Crippen molar-refractivity contribution in [2.45, 2.75) is 19.1 Å². The number of hydrogen-bond acceptors (Lipinski definition) is 3. The molecule has 5 heteroatoms. The molecule has 0 saturated heterocycles. The summed E-state index contributed by atoms with van der Waals surface area (Å²) in [6.45, 7) is 3.46. The van der Waals surface area contributed by atoms with Crippen LogP contribution in [0.2, 0.25) is 0 Å². The van der Waals surface area contributed by atoms with Crippen molar-refractivity contribution >= 4 is 28.1 Å². The molecule has 0 spiro atoms. The third-order valence-electron chi connectivity index (χ3n) is 2.50. The number of rotatable bonds is 3. The van der Waals surface area contributed by atoms with Crippen LogP contribution in [0, 0.1) is 6.92 Å². The van der Waals surface area contributed by atoms with E-state index in [1.807, 2.05) is 6.92 Å². The van der Waals surface area contributed by atoms with Crippen molar-refractivity contribution in [2.24, 2.45) is 0 Å². The van der Waals surface area contributed by atoms with E-state index in [2.05, 4.69) is 5.32 Å². The van der Waals surface area contributed by atoms with Gasteiger partial charge in [-0.3, -0.25) is 9.00 Å². The second kappa shape index (κ2) is 5.12. The molecule has 3 N–H and O–H groups in total. The molecule has 1 rings (SSSR count). The number of anilines is 2. The van der Waals surface area contributed by atoms with Gasteiger partial charge >= 0.3 is 0 Å². The highest BCUT2D eigenvalue weighted by atomic mass is 32.2. The third kappa shape index (κ3) is 2.82. The summed E-state index contributed by atoms with van der Waals surface area (Å²) in [5.74, 6) is -0.255. The fourth-order valence-electron chi connectivity index (χ4n) is 1.17. The fraction of sp³-hybridized carbons (Fsp3) is 0.364. The lowest BCUT2D eigenvalue weighted by Crippen LogP contribution is -2.28. The Balaban J connectivity index is 2.85. The van der Waals surface area contributed by atoms with Crippen molar-refractivity contribution in [3.05, 3.63) is 23.8 Å². The maximum atomic E-state index is 11.7. The summed E-state index contributed by atoms with van der Waals surface area (Å²) in [6.07, 6.45) is 1.51. The second-order valence-electron chi connectivity index (χ2n) is 3.65. The standard InChI is InChI=1S/C11H16N2O2S/c1-7-9(12)5-4-6-10(7)13-11(14)8(2)16(3)15/h4-6,8H,12H2,1-3H3,(H,13,14). The molecule has 0 aliphatic carbocycles. The van der Waals surface area contributed by atoms with Gasteiger partial charge < -0.3 is 11.1 Å². The summed E-state index contributed by atoms with van der Waals surface area (Å²) < 4.78 is 11.2. The number of amides is 1. The van der Waals surface area contributed by atoms with E-state index in [0.717, 1.165) is 5.56 Å². The molecule has 0 heterocycles. The van der Waals surface area contributed by atoms with Crippen LogP contribution < -0.4 is 11.1 Å². The molecule has 2 unspecified atom stereocenters. The molecule has 2 atom stereocenters. The Kier molecular flexibility index (Phi) is 4.06. The van der Waals surface area contributed by atoms with Crippen LogP contribution in [0.4, 0.5) is 11.4 Å². The van der Waals surface area contributed by atoms with Gasteiger partial charge in [-0.2, -0.15) is 0 Å². The van der Waals surface area contributed by atoms with Crippen LogP contribution in [-0.2, 0) is 15.6 Å². The molecule has 1 aromatic carbocycles. The van der Waals surface area contributed by atoms with Crippen molar-refractivity contribution in [3.63, 3.8) is 0 Å². The van der Waals surface area contributed by atoms with Crippen LogP contribution in [0.1, 0.15) is 12.5 Å². The average molecular weight is 240 g/mol. The van der Waals surface area contributed by atoms with Gasteiger partial charge in [0.05, 0.1) is 0 Å². The number of carbonyl (C=O) groups excluding carboxylic acids is 1. The van der Waals surface area contributed by atoms with Crippen LogP contribution in [0.25, 0.3) is 0 Å². The van der Waals surface area contributed by atoms with Gasteiger partial charge in [0.1, 0.15) is 5.25 Å². The van der Waals surface area contributed by atoms with E-state index in [1.54, 1.807) is 25.1 Å². The minimum atomic E-state index is -1.17. The van der Waals surface area contributed by atoms with Crippen LogP contribution >= 0.6 is 0 Å². The smallest absolute Gasteiger partial charge is 0.239 e. The van der Waals surface area contributed by atoms with E-state index in [-0.39, 0.29) is 5.91 Å². The van der Waals surface area contributed by atoms with Gasteiger partial charge in [-0.05, 0) is 31.5 Å². The van der Waals surface area contributed by atoms with E-state index < -0.39 is 16.0 Å². The Hall–Kier alpha value is -1.36. The van der Waals surface area contributed by atoms with Crippen molar-refractivity contribution in [2.75, 3.05) is 17.3 Å². The second-order valence-corrected chi connectivity index (χ2v) is 5.35. The number of benzene rings is 1. The zero-order chi connectivity index (χ0) is 12.3. The van der Waals surface area contributed by atoms with Crippen LogP contribution in [0.15, 0.2) is 18.2 Å². The van der Waals surface area contributed by atoms with E-state index in [1.165, 1.54) is 6.26 Å². The number of hydrogen-bond donors (Lipinski definition) is 2. The molecular formula is C11H16N2O2S. The molecular weight excluding hydrogens is 224 g/mol. The van der Waals surface area contributed by atoms with Gasteiger partial charge in [0.2, 0.25) is 5.91 Å². The quantitative estimate of drug-likeness (QED) is 0.782. The summed E-state index contributed by atoms with van der Waals surface area (Å²) in [5.41, 5.74) is 7.84. The van der Waals surface area contributed by atoms with Crippen molar-refractivity contribution in [1.29, 1.82) is 0 Å². The minimum Gasteiger partial charge on any atom is -0.398 e. The van der Waals surface area contributed by atoms with Crippen molar-refractivity contribution < 1.29 is 9.00 Å². The molecule has 0 radical (unpaired) electrons. The zero-order valence-electron chi connectivity index (χ0n) is 9.61. The number of carbonyl (C=O) groups is 1. The predicted molar refractivity (Wildman–Crippen MR) is 67.7 cm³/mol. The highest BCUT2D eigenvalue weighted by Crippen LogP contribution is 2.20. The lowest BCUT2D eigenvalue weighted by atomic mass is 10.1. The maximum Gasteiger partial charge on any atom is 0.239 e. The molecule has 0 aromatic heterocycles. The average Bonchev–Trinajstić information content (AvgIpc) is 2.23. The lowest BCUT2D eigenvalue weighted by Gasteiger charge is -2.12. The maximum absolute atomic E-state index is 11.7. The highest BCUT2D eigenvalue weighted by Gasteiger charge is 2.17. The van der Waals surface area contributed by atoms with E-state index in [0.29, 0.717) is 11.4 Å². The van der Waals surface area contributed by atoms with E-state index in [4.69, 9.17) is 5.73 Å². The van der Waals surface area contributed by atoms with Gasteiger partial charge in [0.25, 0.3) is 0 Å². The fourth-order valence-corrected chi connectivity index (χ4v) is 1.53. The van der Waals surface area contributed by atoms with Gasteiger partial charge in [-0.1, -0.05) is 6.07 Å². The number of nitrogen functional groups attached to an aromatic ring is 1. The summed E-state index contributed by atoms with van der Waals surface area (Å²) in [4.78, 5) is 11.7. The molecule has 16 heavy (non-hydrogen) atoms. The molecule has 0 bridgehead atoms. The normalized spacial score (nSPS) is 14.2. The van der Waals surface area contributed by atoms with Gasteiger partial charge in [-0.25, -0.2) is 0 Å². The van der Waals surface area contributed by atoms with Crippen LogP contribution in [-0.4, -0.2) is 21.6 Å². The summed E-state index contributed by atoms with van der Waals surface area (Å²) >= 11 is 0. The molecule has 0 saturated carbocycles. The largest absolute Gasteiger partial charge is 0.398 e. The molecule has 88 valence electrons. The van der Waals surface area contributed by atoms with Crippen molar-refractivity contribution in [1.82, 2.24) is 0 Å². The molecule has 0 aliphatic rings. The molecule has 4 nitrogen and oxygen atoms in total. The minimum absolute atomic E-state index is 0.255. The van der Waals surface area contributed by atoms with E-state index in [9.17, 15) is 9.00 Å².